The Kier molecular flexibility index (Phi) is 5.71. The molecule has 5 nitrogen and oxygen atoms in total. The Bertz CT molecular complexity index is 709. The van der Waals surface area contributed by atoms with E-state index in [1.807, 2.05) is 0 Å². The molecule has 0 aliphatic rings. The number of rotatable bonds is 7. The van der Waals surface area contributed by atoms with Gasteiger partial charge in [0.2, 0.25) is 0 Å². The number of hydrogen-bond acceptors (Lipinski definition) is 5. The van der Waals surface area contributed by atoms with Crippen LogP contribution in [0.1, 0.15) is 20.4 Å². The Morgan fingerprint density at radius 3 is 2.67 bits per heavy atom. The summed E-state index contributed by atoms with van der Waals surface area (Å²) in [6, 6.07) is 4.95. The van der Waals surface area contributed by atoms with Crippen LogP contribution in [0.3, 0.4) is 0 Å². The number of hydrogen-bond donors (Lipinski definition) is 1. The maximum Gasteiger partial charge on any atom is 0.461 e. The van der Waals surface area contributed by atoms with Crippen LogP contribution >= 0.6 is 11.3 Å². The van der Waals surface area contributed by atoms with Gasteiger partial charge < -0.3 is 10.1 Å². The van der Waals surface area contributed by atoms with Crippen LogP contribution in [0.15, 0.2) is 24.3 Å². The first-order chi connectivity index (χ1) is 11.3. The minimum atomic E-state index is -4.68. The van der Waals surface area contributed by atoms with Gasteiger partial charge in [-0.2, -0.15) is 17.6 Å². The lowest BCUT2D eigenvalue weighted by Crippen LogP contribution is -2.34. The van der Waals surface area contributed by atoms with Crippen LogP contribution in [0.25, 0.3) is 0 Å². The van der Waals surface area contributed by atoms with Gasteiger partial charge in [-0.05, 0) is 19.1 Å². The molecule has 0 spiro atoms. The molecule has 2 aromatic rings. The van der Waals surface area contributed by atoms with Gasteiger partial charge in [-0.1, -0.05) is 12.1 Å². The van der Waals surface area contributed by atoms with Crippen LogP contribution in [0, 0.1) is 6.92 Å². The van der Waals surface area contributed by atoms with Crippen molar-refractivity contribution in [2.24, 2.45) is 0 Å². The van der Waals surface area contributed by atoms with E-state index in [2.05, 4.69) is 20.3 Å². The third kappa shape index (κ3) is 4.63. The lowest BCUT2D eigenvalue weighted by atomic mass is 10.2. The van der Waals surface area contributed by atoms with Gasteiger partial charge in [0.15, 0.2) is 0 Å². The van der Waals surface area contributed by atoms with Crippen molar-refractivity contribution >= 4 is 17.2 Å². The summed E-state index contributed by atoms with van der Waals surface area (Å²) in [5.74, 6) is -1.33. The number of aromatic nitrogens is 2. The van der Waals surface area contributed by atoms with Crippen LogP contribution in [-0.4, -0.2) is 35.2 Å². The van der Waals surface area contributed by atoms with Crippen molar-refractivity contribution in [3.8, 4) is 5.75 Å². The summed E-state index contributed by atoms with van der Waals surface area (Å²) in [4.78, 5) is 12.1. The summed E-state index contributed by atoms with van der Waals surface area (Å²) in [5.41, 5.74) is -0.258. The Morgan fingerprint density at radius 2 is 2.04 bits per heavy atom. The second-order valence-electron chi connectivity index (χ2n) is 4.68. The van der Waals surface area contributed by atoms with Gasteiger partial charge in [0.1, 0.15) is 15.8 Å². The number of para-hydroxylation sites is 1. The monoisotopic (exact) mass is 363 g/mol. The van der Waals surface area contributed by atoms with E-state index >= 15 is 0 Å². The zero-order valence-electron chi connectivity index (χ0n) is 12.4. The largest absolute Gasteiger partial charge is 0.461 e. The second kappa shape index (κ2) is 7.56. The van der Waals surface area contributed by atoms with Crippen LogP contribution < -0.4 is 10.1 Å². The molecular weight excluding hydrogens is 350 g/mol. The summed E-state index contributed by atoms with van der Waals surface area (Å²) in [5, 5.41) is 11.7. The van der Waals surface area contributed by atoms with Crippen molar-refractivity contribution in [2.75, 3.05) is 6.54 Å². The zero-order valence-corrected chi connectivity index (χ0v) is 13.2. The van der Waals surface area contributed by atoms with Crippen LogP contribution in [0.5, 0.6) is 5.75 Å². The van der Waals surface area contributed by atoms with E-state index in [4.69, 9.17) is 0 Å². The maximum atomic E-state index is 13.0. The SMILES string of the molecule is Cc1nnc(CCNC(=O)c2ccccc2OC(F)(F)C(F)F)s1. The molecule has 10 heteroatoms. The van der Waals surface area contributed by atoms with Gasteiger partial charge in [-0.25, -0.2) is 0 Å². The van der Waals surface area contributed by atoms with Crippen LogP contribution in [0.4, 0.5) is 17.6 Å². The average Bonchev–Trinajstić information content (AvgIpc) is 2.92. The standard InChI is InChI=1S/C14H13F4N3O2S/c1-8-20-21-11(24-8)6-7-19-12(22)9-4-2-3-5-10(9)23-14(17,18)13(15)16/h2-5,13H,6-7H2,1H3,(H,19,22). The molecule has 0 fully saturated rings. The molecule has 1 aromatic heterocycles. The van der Waals surface area contributed by atoms with Gasteiger partial charge in [-0.15, -0.1) is 21.5 Å². The Hall–Kier alpha value is -2.23. The van der Waals surface area contributed by atoms with Crippen molar-refractivity contribution in [3.63, 3.8) is 0 Å². The third-order valence-corrected chi connectivity index (χ3v) is 3.72. The number of alkyl halides is 4. The first-order valence-corrected chi connectivity index (χ1v) is 7.62. The van der Waals surface area contributed by atoms with Gasteiger partial charge in [-0.3, -0.25) is 4.79 Å². The molecule has 0 saturated carbocycles. The van der Waals surface area contributed by atoms with Crippen molar-refractivity contribution in [1.29, 1.82) is 0 Å². The minimum absolute atomic E-state index is 0.188. The molecule has 1 N–H and O–H groups in total. The summed E-state index contributed by atoms with van der Waals surface area (Å²) >= 11 is 1.37. The normalized spacial score (nSPS) is 11.6. The molecule has 24 heavy (non-hydrogen) atoms. The van der Waals surface area contributed by atoms with Gasteiger partial charge in [0.05, 0.1) is 5.56 Å². The van der Waals surface area contributed by atoms with Crippen molar-refractivity contribution in [1.82, 2.24) is 15.5 Å². The Balaban J connectivity index is 2.01. The molecule has 2 rings (SSSR count). The summed E-state index contributed by atoms with van der Waals surface area (Å²) in [7, 11) is 0. The van der Waals surface area contributed by atoms with Crippen molar-refractivity contribution < 1.29 is 27.1 Å². The zero-order chi connectivity index (χ0) is 17.7. The van der Waals surface area contributed by atoms with Crippen molar-refractivity contribution in [3.05, 3.63) is 39.8 Å². The third-order valence-electron chi connectivity index (χ3n) is 2.82. The molecule has 0 radical (unpaired) electrons. The smallest absolute Gasteiger partial charge is 0.427 e. The number of aryl methyl sites for hydroxylation is 1. The highest BCUT2D eigenvalue weighted by Gasteiger charge is 2.44. The Morgan fingerprint density at radius 1 is 1.33 bits per heavy atom. The molecule has 1 aromatic carbocycles. The topological polar surface area (TPSA) is 64.1 Å². The summed E-state index contributed by atoms with van der Waals surface area (Å²) in [6.07, 6.45) is -8.28. The number of nitrogens with one attached hydrogen (secondary N) is 1. The highest BCUT2D eigenvalue weighted by molar-refractivity contribution is 7.11. The summed E-state index contributed by atoms with van der Waals surface area (Å²) in [6.45, 7) is 1.98. The van der Waals surface area contributed by atoms with E-state index in [0.717, 1.165) is 11.1 Å². The highest BCUT2D eigenvalue weighted by Crippen LogP contribution is 2.29. The fourth-order valence-electron chi connectivity index (χ4n) is 1.75. The molecule has 1 amide bonds. The van der Waals surface area contributed by atoms with Crippen LogP contribution in [0.2, 0.25) is 0 Å². The van der Waals surface area contributed by atoms with Crippen LogP contribution in [-0.2, 0) is 6.42 Å². The molecule has 1 heterocycles. The minimum Gasteiger partial charge on any atom is -0.427 e. The fraction of sp³-hybridized carbons (Fsp3) is 0.357. The fourth-order valence-corrected chi connectivity index (χ4v) is 2.46. The molecular formula is C14H13F4N3O2S. The number of nitrogens with zero attached hydrogens (tertiary/aromatic N) is 2. The lowest BCUT2D eigenvalue weighted by Gasteiger charge is -2.18. The number of carbonyl (C=O) groups excluding carboxylic acids is 1. The van der Waals surface area contributed by atoms with E-state index in [0.29, 0.717) is 11.4 Å². The van der Waals surface area contributed by atoms with Gasteiger partial charge in [0, 0.05) is 13.0 Å². The Labute approximate surface area is 138 Å². The first kappa shape index (κ1) is 18.1. The van der Waals surface area contributed by atoms with E-state index in [-0.39, 0.29) is 12.1 Å². The number of carbonyl (C=O) groups is 1. The average molecular weight is 363 g/mol. The van der Waals surface area contributed by atoms with Crippen molar-refractivity contribution in [2.45, 2.75) is 25.9 Å². The number of amides is 1. The molecule has 0 unspecified atom stereocenters. The molecule has 0 aliphatic heterocycles. The van der Waals surface area contributed by atoms with E-state index < -0.39 is 24.2 Å². The lowest BCUT2D eigenvalue weighted by molar-refractivity contribution is -0.253. The number of benzene rings is 1. The molecule has 0 saturated heterocycles. The van der Waals surface area contributed by atoms with Gasteiger partial charge in [0.25, 0.3) is 5.91 Å². The number of halogens is 4. The predicted octanol–water partition coefficient (Wildman–Crippen LogP) is 3.06. The quantitative estimate of drug-likeness (QED) is 0.768. The van der Waals surface area contributed by atoms with E-state index in [1.165, 1.54) is 29.5 Å². The molecule has 0 aliphatic carbocycles. The highest BCUT2D eigenvalue weighted by atomic mass is 32.1. The predicted molar refractivity (Wildman–Crippen MR) is 78.7 cm³/mol. The molecule has 130 valence electrons. The number of ether oxygens (including phenoxy) is 1. The summed E-state index contributed by atoms with van der Waals surface area (Å²) < 4.78 is 54.6. The van der Waals surface area contributed by atoms with E-state index in [1.54, 1.807) is 6.92 Å². The maximum absolute atomic E-state index is 13.0. The first-order valence-electron chi connectivity index (χ1n) is 6.81. The molecule has 0 bridgehead atoms. The van der Waals surface area contributed by atoms with E-state index in [9.17, 15) is 22.4 Å². The molecule has 0 atom stereocenters. The van der Waals surface area contributed by atoms with Gasteiger partial charge >= 0.3 is 12.5 Å². The second-order valence-corrected chi connectivity index (χ2v) is 5.95.